The van der Waals surface area contributed by atoms with Gasteiger partial charge in [0.15, 0.2) is 0 Å². The molecular weight excluding hydrogens is 192 g/mol. The topological polar surface area (TPSA) is 83.1 Å². The van der Waals surface area contributed by atoms with E-state index in [9.17, 15) is 0 Å². The largest absolute Gasteiger partial charge is 0.282 e. The summed E-state index contributed by atoms with van der Waals surface area (Å²) in [4.78, 5) is 4.37. The van der Waals surface area contributed by atoms with Crippen molar-refractivity contribution in [2.45, 2.75) is 6.92 Å². The average molecular weight is 200 g/mol. The fourth-order valence-corrected chi connectivity index (χ4v) is 1.50. The Morgan fingerprint density at radius 2 is 2.13 bits per heavy atom. The van der Waals surface area contributed by atoms with Gasteiger partial charge in [0.05, 0.1) is 11.9 Å². The Labute approximate surface area is 84.7 Å². The number of aromatic amines is 2. The lowest BCUT2D eigenvalue weighted by Crippen LogP contribution is -1.85. The van der Waals surface area contributed by atoms with Gasteiger partial charge in [0, 0.05) is 11.3 Å². The van der Waals surface area contributed by atoms with Gasteiger partial charge in [-0.3, -0.25) is 5.10 Å². The van der Waals surface area contributed by atoms with Gasteiger partial charge in [-0.2, -0.15) is 15.4 Å². The minimum Gasteiger partial charge on any atom is -0.282 e. The number of rotatable bonds is 1. The van der Waals surface area contributed by atoms with Gasteiger partial charge in [0.1, 0.15) is 5.52 Å². The molecule has 3 rings (SSSR count). The molecule has 0 radical (unpaired) electrons. The number of nitrogens with zero attached hydrogens (tertiary/aromatic N) is 4. The van der Waals surface area contributed by atoms with E-state index in [4.69, 9.17) is 0 Å². The lowest BCUT2D eigenvalue weighted by Gasteiger charge is -1.96. The van der Waals surface area contributed by atoms with Gasteiger partial charge in [-0.1, -0.05) is 0 Å². The summed E-state index contributed by atoms with van der Waals surface area (Å²) in [5.41, 5.74) is 4.21. The van der Waals surface area contributed by atoms with Gasteiger partial charge in [0.2, 0.25) is 5.65 Å². The minimum atomic E-state index is 0.619. The van der Waals surface area contributed by atoms with Crippen LogP contribution in [0, 0.1) is 6.92 Å². The standard InChI is InChI=1S/C9H8N6/c1-5-6(4-10-12-5)7-2-3-8-9(11-7)14-15-13-8/h2-4H,1H3,(H,10,12)(H,11,13,14,15). The summed E-state index contributed by atoms with van der Waals surface area (Å²) in [5, 5.41) is 17.3. The van der Waals surface area contributed by atoms with E-state index in [0.717, 1.165) is 22.5 Å². The van der Waals surface area contributed by atoms with Crippen LogP contribution in [0.1, 0.15) is 5.69 Å². The second kappa shape index (κ2) is 2.88. The smallest absolute Gasteiger partial charge is 0.202 e. The first-order valence-electron chi connectivity index (χ1n) is 4.52. The molecule has 0 fully saturated rings. The van der Waals surface area contributed by atoms with Gasteiger partial charge in [0.25, 0.3) is 0 Å². The number of fused-ring (bicyclic) bond motifs is 1. The van der Waals surface area contributed by atoms with Crippen LogP contribution in [-0.4, -0.2) is 30.6 Å². The maximum atomic E-state index is 4.37. The molecule has 74 valence electrons. The zero-order valence-corrected chi connectivity index (χ0v) is 8.02. The number of aryl methyl sites for hydroxylation is 1. The summed E-state index contributed by atoms with van der Waals surface area (Å²) in [5.74, 6) is 0. The van der Waals surface area contributed by atoms with Gasteiger partial charge in [-0.15, -0.1) is 5.10 Å². The Hall–Kier alpha value is -2.24. The predicted octanol–water partition coefficient (Wildman–Crippen LogP) is 1.05. The summed E-state index contributed by atoms with van der Waals surface area (Å²) in [7, 11) is 0. The fraction of sp³-hybridized carbons (Fsp3) is 0.111. The summed E-state index contributed by atoms with van der Waals surface area (Å²) in [6.45, 7) is 1.96. The Kier molecular flexibility index (Phi) is 1.55. The molecule has 6 heteroatoms. The molecular formula is C9H8N6. The van der Waals surface area contributed by atoms with E-state index >= 15 is 0 Å². The summed E-state index contributed by atoms with van der Waals surface area (Å²) in [6.07, 6.45) is 1.75. The summed E-state index contributed by atoms with van der Waals surface area (Å²) < 4.78 is 0. The van der Waals surface area contributed by atoms with Crippen molar-refractivity contribution in [1.82, 2.24) is 30.6 Å². The van der Waals surface area contributed by atoms with E-state index in [1.54, 1.807) is 6.20 Å². The van der Waals surface area contributed by atoms with Crippen LogP contribution >= 0.6 is 0 Å². The lowest BCUT2D eigenvalue weighted by molar-refractivity contribution is 0.954. The lowest BCUT2D eigenvalue weighted by atomic mass is 10.2. The minimum absolute atomic E-state index is 0.619. The van der Waals surface area contributed by atoms with Gasteiger partial charge in [-0.25, -0.2) is 4.98 Å². The van der Waals surface area contributed by atoms with Crippen molar-refractivity contribution in [3.05, 3.63) is 24.0 Å². The van der Waals surface area contributed by atoms with Crippen molar-refractivity contribution in [3.63, 3.8) is 0 Å². The first kappa shape index (κ1) is 8.10. The zero-order valence-electron chi connectivity index (χ0n) is 8.02. The number of H-pyrrole nitrogens is 2. The third kappa shape index (κ3) is 1.18. The summed E-state index contributed by atoms with van der Waals surface area (Å²) >= 11 is 0. The molecule has 0 aliphatic heterocycles. The third-order valence-corrected chi connectivity index (χ3v) is 2.29. The van der Waals surface area contributed by atoms with Gasteiger partial charge >= 0.3 is 0 Å². The normalized spacial score (nSPS) is 11.0. The van der Waals surface area contributed by atoms with Crippen LogP contribution in [0.2, 0.25) is 0 Å². The van der Waals surface area contributed by atoms with Crippen molar-refractivity contribution in [3.8, 4) is 11.3 Å². The number of hydrogen-bond donors (Lipinski definition) is 2. The molecule has 2 N–H and O–H groups in total. The highest BCUT2D eigenvalue weighted by molar-refractivity contribution is 5.74. The van der Waals surface area contributed by atoms with E-state index in [0.29, 0.717) is 5.65 Å². The number of pyridine rings is 1. The molecule has 0 atom stereocenters. The monoisotopic (exact) mass is 200 g/mol. The van der Waals surface area contributed by atoms with Crippen molar-refractivity contribution in [1.29, 1.82) is 0 Å². The molecule has 0 saturated carbocycles. The highest BCUT2D eigenvalue weighted by Crippen LogP contribution is 2.20. The molecule has 3 aromatic rings. The van der Waals surface area contributed by atoms with Crippen LogP contribution in [0.5, 0.6) is 0 Å². The zero-order chi connectivity index (χ0) is 10.3. The molecule has 0 aromatic carbocycles. The molecule has 0 bridgehead atoms. The van der Waals surface area contributed by atoms with Crippen LogP contribution < -0.4 is 0 Å². The molecule has 3 heterocycles. The van der Waals surface area contributed by atoms with Crippen LogP contribution in [-0.2, 0) is 0 Å². The molecule has 0 aliphatic rings. The quantitative estimate of drug-likeness (QED) is 0.615. The molecule has 0 spiro atoms. The van der Waals surface area contributed by atoms with Crippen molar-refractivity contribution in [2.24, 2.45) is 0 Å². The Bertz CT molecular complexity index is 608. The predicted molar refractivity (Wildman–Crippen MR) is 54.0 cm³/mol. The molecule has 3 aromatic heterocycles. The molecule has 6 nitrogen and oxygen atoms in total. The SMILES string of the molecule is Cc1[nH]ncc1-c1ccc2n[nH]nc2n1. The van der Waals surface area contributed by atoms with Crippen molar-refractivity contribution < 1.29 is 0 Å². The van der Waals surface area contributed by atoms with E-state index in [1.165, 1.54) is 0 Å². The van der Waals surface area contributed by atoms with Crippen LogP contribution in [0.4, 0.5) is 0 Å². The number of aromatic nitrogens is 6. The first-order valence-corrected chi connectivity index (χ1v) is 4.52. The van der Waals surface area contributed by atoms with E-state index in [2.05, 4.69) is 30.6 Å². The highest BCUT2D eigenvalue weighted by atomic mass is 15.3. The molecule has 0 aliphatic carbocycles. The molecule has 15 heavy (non-hydrogen) atoms. The van der Waals surface area contributed by atoms with Crippen LogP contribution in [0.15, 0.2) is 18.3 Å². The second-order valence-corrected chi connectivity index (χ2v) is 3.27. The number of nitrogens with one attached hydrogen (secondary N) is 2. The van der Waals surface area contributed by atoms with Crippen molar-refractivity contribution in [2.75, 3.05) is 0 Å². The maximum absolute atomic E-state index is 4.37. The fourth-order valence-electron chi connectivity index (χ4n) is 1.50. The third-order valence-electron chi connectivity index (χ3n) is 2.29. The van der Waals surface area contributed by atoms with Crippen LogP contribution in [0.3, 0.4) is 0 Å². The Morgan fingerprint density at radius 1 is 1.20 bits per heavy atom. The highest BCUT2D eigenvalue weighted by Gasteiger charge is 2.07. The maximum Gasteiger partial charge on any atom is 0.202 e. The van der Waals surface area contributed by atoms with Crippen molar-refractivity contribution >= 4 is 11.2 Å². The number of hydrogen-bond acceptors (Lipinski definition) is 4. The van der Waals surface area contributed by atoms with E-state index in [-0.39, 0.29) is 0 Å². The van der Waals surface area contributed by atoms with E-state index < -0.39 is 0 Å². The average Bonchev–Trinajstić information content (AvgIpc) is 2.84. The second-order valence-electron chi connectivity index (χ2n) is 3.27. The van der Waals surface area contributed by atoms with Crippen LogP contribution in [0.25, 0.3) is 22.4 Å². The van der Waals surface area contributed by atoms with Gasteiger partial charge < -0.3 is 0 Å². The van der Waals surface area contributed by atoms with Gasteiger partial charge in [-0.05, 0) is 19.1 Å². The summed E-state index contributed by atoms with van der Waals surface area (Å²) in [6, 6.07) is 3.79. The molecule has 0 saturated heterocycles. The Morgan fingerprint density at radius 3 is 2.93 bits per heavy atom. The molecule has 0 unspecified atom stereocenters. The first-order chi connectivity index (χ1) is 7.34. The Balaban J connectivity index is 2.23. The van der Waals surface area contributed by atoms with E-state index in [1.807, 2.05) is 19.1 Å². The molecule has 0 amide bonds.